The molecular formula is C15H17Cl2NO3. The molecule has 4 nitrogen and oxygen atoms in total. The van der Waals surface area contributed by atoms with Gasteiger partial charge in [0.2, 0.25) is 0 Å². The lowest BCUT2D eigenvalue weighted by Gasteiger charge is -2.35. The zero-order valence-electron chi connectivity index (χ0n) is 11.7. The minimum atomic E-state index is -0.158. The summed E-state index contributed by atoms with van der Waals surface area (Å²) in [5.41, 5.74) is 0.980. The Hall–Kier alpha value is -0.810. The van der Waals surface area contributed by atoms with Crippen molar-refractivity contribution in [1.29, 1.82) is 0 Å². The normalized spacial score (nSPS) is 30.4. The Balaban J connectivity index is 1.73. The first kappa shape index (κ1) is 15.1. The minimum Gasteiger partial charge on any atom is -0.461 e. The predicted octanol–water partition coefficient (Wildman–Crippen LogP) is 3.07. The lowest BCUT2D eigenvalue weighted by Crippen LogP contribution is -2.46. The van der Waals surface area contributed by atoms with Crippen LogP contribution in [0.5, 0.6) is 0 Å². The van der Waals surface area contributed by atoms with Gasteiger partial charge in [-0.25, -0.2) is 0 Å². The van der Waals surface area contributed by atoms with Gasteiger partial charge in [0.1, 0.15) is 12.1 Å². The molecule has 1 aromatic carbocycles. The van der Waals surface area contributed by atoms with Gasteiger partial charge in [0.25, 0.3) is 0 Å². The van der Waals surface area contributed by atoms with Gasteiger partial charge in [-0.1, -0.05) is 29.3 Å². The molecule has 2 fully saturated rings. The maximum atomic E-state index is 11.9. The van der Waals surface area contributed by atoms with Crippen LogP contribution in [0.1, 0.15) is 25.0 Å². The number of cyclic esters (lactones) is 1. The Morgan fingerprint density at radius 2 is 2.10 bits per heavy atom. The van der Waals surface area contributed by atoms with Crippen molar-refractivity contribution in [2.75, 3.05) is 19.7 Å². The molecule has 0 saturated carbocycles. The second kappa shape index (κ2) is 6.13. The monoisotopic (exact) mass is 329 g/mol. The summed E-state index contributed by atoms with van der Waals surface area (Å²) in [7, 11) is 0. The molecule has 0 aromatic heterocycles. The van der Waals surface area contributed by atoms with Crippen molar-refractivity contribution >= 4 is 29.2 Å². The second-order valence-electron chi connectivity index (χ2n) is 5.53. The van der Waals surface area contributed by atoms with Crippen LogP contribution in [0.15, 0.2) is 18.2 Å². The molecule has 114 valence electrons. The van der Waals surface area contributed by atoms with Gasteiger partial charge in [-0.3, -0.25) is 9.69 Å². The summed E-state index contributed by atoms with van der Waals surface area (Å²) >= 11 is 12.0. The van der Waals surface area contributed by atoms with Crippen molar-refractivity contribution < 1.29 is 14.3 Å². The molecule has 3 atom stereocenters. The van der Waals surface area contributed by atoms with Crippen LogP contribution in [0.3, 0.4) is 0 Å². The number of halogens is 2. The van der Waals surface area contributed by atoms with Gasteiger partial charge in [-0.15, -0.1) is 0 Å². The van der Waals surface area contributed by atoms with Crippen molar-refractivity contribution in [1.82, 2.24) is 4.90 Å². The van der Waals surface area contributed by atoms with Crippen LogP contribution in [0.25, 0.3) is 0 Å². The van der Waals surface area contributed by atoms with E-state index in [-0.39, 0.29) is 24.2 Å². The maximum Gasteiger partial charge on any atom is 0.323 e. The zero-order valence-corrected chi connectivity index (χ0v) is 13.2. The van der Waals surface area contributed by atoms with Crippen molar-refractivity contribution in [3.63, 3.8) is 0 Å². The number of rotatable bonds is 2. The van der Waals surface area contributed by atoms with Gasteiger partial charge in [-0.2, -0.15) is 0 Å². The number of morpholine rings is 1. The minimum absolute atomic E-state index is 0.00577. The molecule has 2 aliphatic heterocycles. The number of carbonyl (C=O) groups is 1. The fourth-order valence-corrected chi connectivity index (χ4v) is 3.21. The number of benzene rings is 1. The van der Waals surface area contributed by atoms with Crippen LogP contribution >= 0.6 is 23.2 Å². The summed E-state index contributed by atoms with van der Waals surface area (Å²) in [5, 5.41) is 1.05. The van der Waals surface area contributed by atoms with Crippen LogP contribution in [-0.4, -0.2) is 42.7 Å². The van der Waals surface area contributed by atoms with E-state index >= 15 is 0 Å². The van der Waals surface area contributed by atoms with E-state index in [4.69, 9.17) is 32.7 Å². The Kier molecular flexibility index (Phi) is 4.41. The van der Waals surface area contributed by atoms with E-state index in [2.05, 4.69) is 4.90 Å². The third-order valence-corrected chi connectivity index (χ3v) is 4.74. The van der Waals surface area contributed by atoms with Gasteiger partial charge in [0.05, 0.1) is 22.8 Å². The smallest absolute Gasteiger partial charge is 0.323 e. The summed E-state index contributed by atoms with van der Waals surface area (Å²) in [6.07, 6.45) is 0.637. The third-order valence-electron chi connectivity index (χ3n) is 4.00. The molecule has 3 rings (SSSR count). The van der Waals surface area contributed by atoms with Crippen LogP contribution < -0.4 is 0 Å². The van der Waals surface area contributed by atoms with Crippen LogP contribution in [0, 0.1) is 0 Å². The Morgan fingerprint density at radius 3 is 2.76 bits per heavy atom. The van der Waals surface area contributed by atoms with Crippen LogP contribution in [0.4, 0.5) is 0 Å². The zero-order chi connectivity index (χ0) is 15.0. The quantitative estimate of drug-likeness (QED) is 0.781. The molecule has 0 bridgehead atoms. The van der Waals surface area contributed by atoms with Crippen molar-refractivity contribution in [2.24, 2.45) is 0 Å². The first-order chi connectivity index (χ1) is 10.0. The highest BCUT2D eigenvalue weighted by molar-refractivity contribution is 6.42. The third kappa shape index (κ3) is 3.19. The number of hydrogen-bond donors (Lipinski definition) is 0. The Bertz CT molecular complexity index is 552. The summed E-state index contributed by atoms with van der Waals surface area (Å²) in [4.78, 5) is 14.0. The molecule has 0 N–H and O–H groups in total. The Labute approximate surface area is 133 Å². The van der Waals surface area contributed by atoms with E-state index in [0.29, 0.717) is 23.2 Å². The molecule has 0 aliphatic carbocycles. The average Bonchev–Trinajstić information content (AvgIpc) is 2.81. The van der Waals surface area contributed by atoms with Crippen molar-refractivity contribution in [2.45, 2.75) is 31.6 Å². The van der Waals surface area contributed by atoms with Gasteiger partial charge >= 0.3 is 5.97 Å². The predicted molar refractivity (Wildman–Crippen MR) is 80.7 cm³/mol. The van der Waals surface area contributed by atoms with E-state index in [1.807, 2.05) is 19.1 Å². The molecule has 2 aliphatic rings. The molecule has 2 heterocycles. The second-order valence-corrected chi connectivity index (χ2v) is 6.34. The number of nitrogens with zero attached hydrogens (tertiary/aromatic N) is 1. The molecule has 0 spiro atoms. The van der Waals surface area contributed by atoms with Crippen LogP contribution in [0.2, 0.25) is 10.0 Å². The van der Waals surface area contributed by atoms with E-state index < -0.39 is 0 Å². The number of ether oxygens (including phenoxy) is 2. The molecule has 1 aromatic rings. The van der Waals surface area contributed by atoms with Gasteiger partial charge in [-0.05, 0) is 24.6 Å². The molecule has 6 heteroatoms. The lowest BCUT2D eigenvalue weighted by atomic mass is 10.1. The summed E-state index contributed by atoms with van der Waals surface area (Å²) in [6.45, 7) is 3.91. The first-order valence-corrected chi connectivity index (χ1v) is 7.81. The van der Waals surface area contributed by atoms with Gasteiger partial charge < -0.3 is 9.47 Å². The molecular weight excluding hydrogens is 313 g/mol. The first-order valence-electron chi connectivity index (χ1n) is 7.05. The summed E-state index contributed by atoms with van der Waals surface area (Å²) in [6, 6.07) is 5.35. The molecule has 0 unspecified atom stereocenters. The number of esters is 1. The van der Waals surface area contributed by atoms with E-state index in [0.717, 1.165) is 18.5 Å². The Morgan fingerprint density at radius 1 is 1.29 bits per heavy atom. The van der Waals surface area contributed by atoms with Crippen LogP contribution in [-0.2, 0) is 14.3 Å². The maximum absolute atomic E-state index is 11.9. The topological polar surface area (TPSA) is 38.8 Å². The number of hydrogen-bond acceptors (Lipinski definition) is 4. The molecule has 0 amide bonds. The van der Waals surface area contributed by atoms with E-state index in [9.17, 15) is 4.79 Å². The van der Waals surface area contributed by atoms with E-state index in [1.165, 1.54) is 0 Å². The number of carbonyl (C=O) groups excluding carboxylic acids is 1. The fraction of sp³-hybridized carbons (Fsp3) is 0.533. The fourth-order valence-electron chi connectivity index (χ4n) is 2.90. The molecule has 0 radical (unpaired) electrons. The lowest BCUT2D eigenvalue weighted by molar-refractivity contribution is -0.147. The largest absolute Gasteiger partial charge is 0.461 e. The SMILES string of the molecule is C[C@@H]1C[C@H](N2CCO[C@@H](c3ccc(Cl)c(Cl)c3)C2)C(=O)O1. The van der Waals surface area contributed by atoms with Gasteiger partial charge in [0, 0.05) is 19.5 Å². The molecule has 21 heavy (non-hydrogen) atoms. The summed E-state index contributed by atoms with van der Waals surface area (Å²) in [5.74, 6) is -0.128. The highest BCUT2D eigenvalue weighted by Crippen LogP contribution is 2.31. The van der Waals surface area contributed by atoms with E-state index in [1.54, 1.807) is 6.07 Å². The molecule has 2 saturated heterocycles. The average molecular weight is 330 g/mol. The summed E-state index contributed by atoms with van der Waals surface area (Å²) < 4.78 is 11.1. The van der Waals surface area contributed by atoms with Crippen molar-refractivity contribution in [3.8, 4) is 0 Å². The standard InChI is InChI=1S/C15H17Cl2NO3/c1-9-6-13(15(19)21-9)18-4-5-20-14(8-18)10-2-3-11(16)12(17)7-10/h2-3,7,9,13-14H,4-6,8H2,1H3/t9-,13+,14-/m1/s1. The highest BCUT2D eigenvalue weighted by atomic mass is 35.5. The highest BCUT2D eigenvalue weighted by Gasteiger charge is 2.38. The van der Waals surface area contributed by atoms with Gasteiger partial charge in [0.15, 0.2) is 0 Å². The van der Waals surface area contributed by atoms with Crippen molar-refractivity contribution in [3.05, 3.63) is 33.8 Å².